The molecule has 0 aliphatic carbocycles. The quantitative estimate of drug-likeness (QED) is 0.779. The third-order valence-electron chi connectivity index (χ3n) is 4.21. The Labute approximate surface area is 130 Å². The van der Waals surface area contributed by atoms with Crippen LogP contribution in [-0.2, 0) is 19.5 Å². The molecule has 0 spiro atoms. The average Bonchev–Trinajstić information content (AvgIpc) is 3.19. The van der Waals surface area contributed by atoms with Crippen LogP contribution in [0, 0.1) is 0 Å². The number of aryl methyl sites for hydroxylation is 1. The molecule has 120 valence electrons. The van der Waals surface area contributed by atoms with E-state index >= 15 is 0 Å². The van der Waals surface area contributed by atoms with Crippen molar-refractivity contribution in [2.75, 3.05) is 6.54 Å². The summed E-state index contributed by atoms with van der Waals surface area (Å²) in [6, 6.07) is 0.466. The predicted molar refractivity (Wildman–Crippen MR) is 81.0 cm³/mol. The first-order valence-electron chi connectivity index (χ1n) is 8.23. The summed E-state index contributed by atoms with van der Waals surface area (Å²) in [5.41, 5.74) is 0. The summed E-state index contributed by atoms with van der Waals surface area (Å²) in [6.45, 7) is 4.88. The van der Waals surface area contributed by atoms with Crippen molar-refractivity contribution >= 4 is 0 Å². The number of hydrogen-bond acceptors (Lipinski definition) is 6. The lowest BCUT2D eigenvalue weighted by Crippen LogP contribution is -2.41. The zero-order chi connectivity index (χ0) is 15.2. The van der Waals surface area contributed by atoms with E-state index in [1.165, 1.54) is 19.3 Å². The molecule has 1 aliphatic rings. The van der Waals surface area contributed by atoms with E-state index in [9.17, 15) is 0 Å². The van der Waals surface area contributed by atoms with E-state index in [2.05, 4.69) is 32.0 Å². The number of aromatic nitrogens is 5. The van der Waals surface area contributed by atoms with E-state index in [0.29, 0.717) is 6.04 Å². The molecule has 0 saturated carbocycles. The number of hydrogen-bond donors (Lipinski definition) is 0. The molecule has 0 N–H and O–H groups in total. The Balaban J connectivity index is 1.59. The standard InChI is InChI=1S/C15H24N6O/c1-2-3-7-15-18-14(19-22-15)10-20-8-5-4-6-13(20)9-21-12-16-11-17-21/h11-13H,2-10H2,1H3/t13-/m1/s1. The van der Waals surface area contributed by atoms with E-state index in [0.717, 1.165) is 50.6 Å². The maximum absolute atomic E-state index is 5.33. The van der Waals surface area contributed by atoms with E-state index in [1.807, 2.05) is 4.68 Å². The molecule has 1 aliphatic heterocycles. The first-order chi connectivity index (χ1) is 10.8. The van der Waals surface area contributed by atoms with Gasteiger partial charge < -0.3 is 4.52 Å². The van der Waals surface area contributed by atoms with Crippen molar-refractivity contribution in [3.05, 3.63) is 24.4 Å². The van der Waals surface area contributed by atoms with Crippen molar-refractivity contribution < 1.29 is 4.52 Å². The van der Waals surface area contributed by atoms with Crippen LogP contribution in [-0.4, -0.2) is 42.4 Å². The van der Waals surface area contributed by atoms with Crippen LogP contribution >= 0.6 is 0 Å². The third kappa shape index (κ3) is 3.91. The van der Waals surface area contributed by atoms with Crippen LogP contribution in [0.2, 0.25) is 0 Å². The third-order valence-corrected chi connectivity index (χ3v) is 4.21. The summed E-state index contributed by atoms with van der Waals surface area (Å²) < 4.78 is 7.24. The van der Waals surface area contributed by atoms with E-state index in [4.69, 9.17) is 4.52 Å². The van der Waals surface area contributed by atoms with E-state index < -0.39 is 0 Å². The van der Waals surface area contributed by atoms with Crippen molar-refractivity contribution in [1.82, 2.24) is 29.8 Å². The van der Waals surface area contributed by atoms with Gasteiger partial charge in [0, 0.05) is 12.5 Å². The van der Waals surface area contributed by atoms with Crippen molar-refractivity contribution in [1.29, 1.82) is 0 Å². The van der Waals surface area contributed by atoms with Crippen molar-refractivity contribution in [3.63, 3.8) is 0 Å². The highest BCUT2D eigenvalue weighted by Crippen LogP contribution is 2.20. The number of rotatable bonds is 7. The molecule has 1 saturated heterocycles. The van der Waals surface area contributed by atoms with Gasteiger partial charge in [0.2, 0.25) is 5.89 Å². The van der Waals surface area contributed by atoms with Gasteiger partial charge in [-0.3, -0.25) is 9.58 Å². The lowest BCUT2D eigenvalue weighted by Gasteiger charge is -2.34. The Morgan fingerprint density at radius 3 is 3.14 bits per heavy atom. The second-order valence-corrected chi connectivity index (χ2v) is 5.95. The Morgan fingerprint density at radius 1 is 1.36 bits per heavy atom. The van der Waals surface area contributed by atoms with Crippen LogP contribution in [0.25, 0.3) is 0 Å². The normalized spacial score (nSPS) is 19.6. The van der Waals surface area contributed by atoms with Crippen molar-refractivity contribution in [3.8, 4) is 0 Å². The fourth-order valence-corrected chi connectivity index (χ4v) is 2.98. The molecular weight excluding hydrogens is 280 g/mol. The Bertz CT molecular complexity index is 552. The minimum Gasteiger partial charge on any atom is -0.339 e. The topological polar surface area (TPSA) is 72.9 Å². The molecule has 2 aromatic heterocycles. The summed E-state index contributed by atoms with van der Waals surface area (Å²) in [4.78, 5) is 11.0. The molecule has 2 aromatic rings. The maximum atomic E-state index is 5.33. The van der Waals surface area contributed by atoms with Gasteiger partial charge in [-0.25, -0.2) is 4.98 Å². The molecule has 1 fully saturated rings. The zero-order valence-electron chi connectivity index (χ0n) is 13.2. The Kier molecular flexibility index (Phi) is 5.15. The monoisotopic (exact) mass is 304 g/mol. The molecule has 3 heterocycles. The van der Waals surface area contributed by atoms with Crippen LogP contribution in [0.1, 0.15) is 50.7 Å². The fraction of sp³-hybridized carbons (Fsp3) is 0.733. The summed E-state index contributed by atoms with van der Waals surface area (Å²) in [6.07, 6.45) is 10.2. The van der Waals surface area contributed by atoms with Gasteiger partial charge in [-0.05, 0) is 25.8 Å². The van der Waals surface area contributed by atoms with Gasteiger partial charge in [-0.1, -0.05) is 24.9 Å². The highest BCUT2D eigenvalue weighted by atomic mass is 16.5. The van der Waals surface area contributed by atoms with Gasteiger partial charge in [0.25, 0.3) is 0 Å². The van der Waals surface area contributed by atoms with Gasteiger partial charge in [-0.2, -0.15) is 10.1 Å². The minimum atomic E-state index is 0.466. The number of likely N-dealkylation sites (tertiary alicyclic amines) is 1. The number of nitrogens with zero attached hydrogens (tertiary/aromatic N) is 6. The molecule has 7 nitrogen and oxygen atoms in total. The fourth-order valence-electron chi connectivity index (χ4n) is 2.98. The highest BCUT2D eigenvalue weighted by molar-refractivity contribution is 4.89. The largest absolute Gasteiger partial charge is 0.339 e. The smallest absolute Gasteiger partial charge is 0.226 e. The number of piperidine rings is 1. The first kappa shape index (κ1) is 15.1. The summed E-state index contributed by atoms with van der Waals surface area (Å²) in [7, 11) is 0. The summed E-state index contributed by atoms with van der Waals surface area (Å²) in [5.74, 6) is 1.57. The SMILES string of the molecule is CCCCc1nc(CN2CCCC[C@@H]2Cn2cncn2)no1. The van der Waals surface area contributed by atoms with Crippen LogP contribution in [0.4, 0.5) is 0 Å². The van der Waals surface area contributed by atoms with Gasteiger partial charge >= 0.3 is 0 Å². The first-order valence-corrected chi connectivity index (χ1v) is 8.23. The van der Waals surface area contributed by atoms with Crippen molar-refractivity contribution in [2.45, 2.75) is 64.6 Å². The highest BCUT2D eigenvalue weighted by Gasteiger charge is 2.24. The van der Waals surface area contributed by atoms with Gasteiger partial charge in [0.15, 0.2) is 5.82 Å². The van der Waals surface area contributed by atoms with Crippen LogP contribution < -0.4 is 0 Å². The second kappa shape index (κ2) is 7.49. The molecule has 1 atom stereocenters. The molecule has 3 rings (SSSR count). The van der Waals surface area contributed by atoms with Crippen LogP contribution in [0.15, 0.2) is 17.2 Å². The molecule has 7 heteroatoms. The average molecular weight is 304 g/mol. The molecule has 0 amide bonds. The maximum Gasteiger partial charge on any atom is 0.226 e. The molecule has 0 radical (unpaired) electrons. The second-order valence-electron chi connectivity index (χ2n) is 5.95. The predicted octanol–water partition coefficient (Wildman–Crippen LogP) is 2.06. The van der Waals surface area contributed by atoms with Gasteiger partial charge in [0.05, 0.1) is 13.1 Å². The van der Waals surface area contributed by atoms with Crippen LogP contribution in [0.3, 0.4) is 0 Å². The summed E-state index contributed by atoms with van der Waals surface area (Å²) >= 11 is 0. The minimum absolute atomic E-state index is 0.466. The molecule has 0 unspecified atom stereocenters. The van der Waals surface area contributed by atoms with Crippen molar-refractivity contribution in [2.24, 2.45) is 0 Å². The Morgan fingerprint density at radius 2 is 2.32 bits per heavy atom. The van der Waals surface area contributed by atoms with Gasteiger partial charge in [0.1, 0.15) is 12.7 Å². The number of unbranched alkanes of at least 4 members (excludes halogenated alkanes) is 1. The zero-order valence-corrected chi connectivity index (χ0v) is 13.2. The molecule has 22 heavy (non-hydrogen) atoms. The lowest BCUT2D eigenvalue weighted by atomic mass is 10.0. The van der Waals surface area contributed by atoms with E-state index in [-0.39, 0.29) is 0 Å². The van der Waals surface area contributed by atoms with Gasteiger partial charge in [-0.15, -0.1) is 0 Å². The summed E-state index contributed by atoms with van der Waals surface area (Å²) in [5, 5.41) is 8.35. The molecule has 0 aromatic carbocycles. The molecular formula is C15H24N6O. The van der Waals surface area contributed by atoms with E-state index in [1.54, 1.807) is 12.7 Å². The lowest BCUT2D eigenvalue weighted by molar-refractivity contribution is 0.117. The van der Waals surface area contributed by atoms with Crippen LogP contribution in [0.5, 0.6) is 0 Å². The molecule has 0 bridgehead atoms. The Hall–Kier alpha value is -1.76.